The Morgan fingerprint density at radius 2 is 1.97 bits per heavy atom. The number of hydrogen-bond donors (Lipinski definition) is 1. The Kier molecular flexibility index (Phi) is 5.79. The normalized spacial score (nSPS) is 19.8. The number of carbonyl (C=O) groups excluding carboxylic acids is 1. The number of nitrogens with one attached hydrogen (secondary N) is 1. The number of amides is 1. The first-order chi connectivity index (χ1) is 14.4. The molecule has 1 unspecified atom stereocenters. The first-order valence-corrected chi connectivity index (χ1v) is 10.6. The minimum absolute atomic E-state index is 0.0467. The van der Waals surface area contributed by atoms with Crippen molar-refractivity contribution in [3.63, 3.8) is 0 Å². The third-order valence-electron chi connectivity index (χ3n) is 5.82. The predicted molar refractivity (Wildman–Crippen MR) is 115 cm³/mol. The highest BCUT2D eigenvalue weighted by Gasteiger charge is 2.35. The molecule has 2 aliphatic rings. The quantitative estimate of drug-likeness (QED) is 0.788. The van der Waals surface area contributed by atoms with Gasteiger partial charge in [-0.05, 0) is 43.2 Å². The fourth-order valence-electron chi connectivity index (χ4n) is 4.35. The summed E-state index contributed by atoms with van der Waals surface area (Å²) in [5, 5.41) is 3.13. The Hall–Kier alpha value is -2.83. The zero-order valence-corrected chi connectivity index (χ0v) is 18.0. The molecule has 0 bridgehead atoms. The summed E-state index contributed by atoms with van der Waals surface area (Å²) in [6.07, 6.45) is 6.01. The number of nitrogens with zero attached hydrogens (tertiary/aromatic N) is 3. The summed E-state index contributed by atoms with van der Waals surface area (Å²) >= 11 is 0. The zero-order valence-electron chi connectivity index (χ0n) is 18.0. The van der Waals surface area contributed by atoms with Gasteiger partial charge >= 0.3 is 0 Å². The van der Waals surface area contributed by atoms with Gasteiger partial charge in [0.15, 0.2) is 18.1 Å². The van der Waals surface area contributed by atoms with Crippen LogP contribution in [0.5, 0.6) is 11.5 Å². The van der Waals surface area contributed by atoms with E-state index >= 15 is 0 Å². The minimum Gasteiger partial charge on any atom is -0.493 e. The molecule has 160 valence electrons. The van der Waals surface area contributed by atoms with Crippen molar-refractivity contribution >= 4 is 11.9 Å². The molecule has 1 aromatic carbocycles. The molecule has 2 heterocycles. The van der Waals surface area contributed by atoms with Crippen LogP contribution in [-0.4, -0.2) is 42.7 Å². The van der Waals surface area contributed by atoms with Crippen LogP contribution in [0.15, 0.2) is 30.5 Å². The number of hydrogen-bond acceptors (Lipinski definition) is 6. The van der Waals surface area contributed by atoms with E-state index in [0.29, 0.717) is 11.5 Å². The number of aromatic nitrogens is 2. The van der Waals surface area contributed by atoms with Gasteiger partial charge in [0.1, 0.15) is 0 Å². The summed E-state index contributed by atoms with van der Waals surface area (Å²) in [6, 6.07) is 7.19. The highest BCUT2D eigenvalue weighted by atomic mass is 16.5. The van der Waals surface area contributed by atoms with E-state index in [1.807, 2.05) is 24.4 Å². The van der Waals surface area contributed by atoms with E-state index in [0.717, 1.165) is 43.1 Å². The molecule has 4 rings (SSSR count). The van der Waals surface area contributed by atoms with Gasteiger partial charge in [0.05, 0.1) is 18.8 Å². The molecule has 1 amide bonds. The van der Waals surface area contributed by atoms with Crippen molar-refractivity contribution in [3.8, 4) is 11.5 Å². The number of benzene rings is 1. The second-order valence-electron chi connectivity index (χ2n) is 8.87. The predicted octanol–water partition coefficient (Wildman–Crippen LogP) is 3.29. The van der Waals surface area contributed by atoms with E-state index in [4.69, 9.17) is 14.5 Å². The first kappa shape index (κ1) is 20.4. The number of anilines is 1. The Bertz CT molecular complexity index is 909. The van der Waals surface area contributed by atoms with Crippen LogP contribution in [0.25, 0.3) is 0 Å². The van der Waals surface area contributed by atoms with Gasteiger partial charge in [0.2, 0.25) is 5.95 Å². The van der Waals surface area contributed by atoms with Crippen molar-refractivity contribution in [2.24, 2.45) is 5.41 Å². The second-order valence-corrected chi connectivity index (χ2v) is 8.87. The molecular formula is C23H30N4O3. The highest BCUT2D eigenvalue weighted by molar-refractivity contribution is 5.78. The standard InChI is InChI=1S/C23H30N4O3/c1-23(2)12-17(25-21(28)15-30-20-9-5-4-8-19(20)29-3)16-14-24-22(26-18(16)13-23)27-10-6-7-11-27/h4-5,8-9,14,17H,6-7,10-13,15H2,1-3H3,(H,25,28). The molecule has 2 aromatic rings. The first-order valence-electron chi connectivity index (χ1n) is 10.6. The topological polar surface area (TPSA) is 76.6 Å². The van der Waals surface area contributed by atoms with Gasteiger partial charge < -0.3 is 19.7 Å². The molecule has 1 aliphatic carbocycles. The molecule has 1 atom stereocenters. The summed E-state index contributed by atoms with van der Waals surface area (Å²) in [5.41, 5.74) is 2.10. The van der Waals surface area contributed by atoms with Gasteiger partial charge in [0, 0.05) is 24.8 Å². The van der Waals surface area contributed by atoms with Crippen LogP contribution in [0.4, 0.5) is 5.95 Å². The van der Waals surface area contributed by atoms with E-state index in [-0.39, 0.29) is 24.0 Å². The van der Waals surface area contributed by atoms with Crippen molar-refractivity contribution < 1.29 is 14.3 Å². The Balaban J connectivity index is 1.46. The van der Waals surface area contributed by atoms with Crippen LogP contribution in [0.1, 0.15) is 50.4 Å². The molecule has 0 radical (unpaired) electrons. The van der Waals surface area contributed by atoms with Crippen LogP contribution < -0.4 is 19.7 Å². The Morgan fingerprint density at radius 3 is 2.70 bits per heavy atom. The number of para-hydroxylation sites is 2. The Morgan fingerprint density at radius 1 is 1.23 bits per heavy atom. The van der Waals surface area contributed by atoms with Crippen molar-refractivity contribution in [3.05, 3.63) is 41.7 Å². The van der Waals surface area contributed by atoms with Gasteiger partial charge in [-0.15, -0.1) is 0 Å². The number of fused-ring (bicyclic) bond motifs is 1. The zero-order chi connectivity index (χ0) is 21.1. The summed E-state index contributed by atoms with van der Waals surface area (Å²) in [4.78, 5) is 24.4. The van der Waals surface area contributed by atoms with Crippen LogP contribution in [0.3, 0.4) is 0 Å². The number of rotatable bonds is 6. The van der Waals surface area contributed by atoms with Crippen LogP contribution in [-0.2, 0) is 11.2 Å². The third kappa shape index (κ3) is 4.50. The monoisotopic (exact) mass is 410 g/mol. The molecule has 1 aromatic heterocycles. The van der Waals surface area contributed by atoms with Gasteiger partial charge in [-0.3, -0.25) is 4.79 Å². The summed E-state index contributed by atoms with van der Waals surface area (Å²) in [6.45, 7) is 6.40. The third-order valence-corrected chi connectivity index (χ3v) is 5.82. The van der Waals surface area contributed by atoms with E-state index < -0.39 is 0 Å². The molecule has 0 spiro atoms. The molecular weight excluding hydrogens is 380 g/mol. The van der Waals surface area contributed by atoms with E-state index in [2.05, 4.69) is 29.0 Å². The van der Waals surface area contributed by atoms with E-state index in [9.17, 15) is 4.79 Å². The molecule has 1 aliphatic heterocycles. The molecule has 0 saturated carbocycles. The number of ether oxygens (including phenoxy) is 2. The fraction of sp³-hybridized carbons (Fsp3) is 0.522. The molecule has 1 N–H and O–H groups in total. The molecule has 1 fully saturated rings. The lowest BCUT2D eigenvalue weighted by Crippen LogP contribution is -2.39. The molecule has 7 nitrogen and oxygen atoms in total. The maximum absolute atomic E-state index is 12.7. The number of carbonyl (C=O) groups is 1. The number of methoxy groups -OCH3 is 1. The maximum atomic E-state index is 12.7. The smallest absolute Gasteiger partial charge is 0.258 e. The fourth-order valence-corrected chi connectivity index (χ4v) is 4.35. The van der Waals surface area contributed by atoms with Crippen molar-refractivity contribution in [2.75, 3.05) is 31.7 Å². The highest BCUT2D eigenvalue weighted by Crippen LogP contribution is 2.40. The van der Waals surface area contributed by atoms with Crippen molar-refractivity contribution in [1.29, 1.82) is 0 Å². The average molecular weight is 411 g/mol. The van der Waals surface area contributed by atoms with E-state index in [1.54, 1.807) is 13.2 Å². The van der Waals surface area contributed by atoms with Gasteiger partial charge in [0.25, 0.3) is 5.91 Å². The maximum Gasteiger partial charge on any atom is 0.258 e. The second kappa shape index (κ2) is 8.50. The molecule has 7 heteroatoms. The van der Waals surface area contributed by atoms with Crippen LogP contribution >= 0.6 is 0 Å². The molecule has 1 saturated heterocycles. The minimum atomic E-state index is -0.168. The van der Waals surface area contributed by atoms with Crippen LogP contribution in [0, 0.1) is 5.41 Å². The van der Waals surface area contributed by atoms with Crippen LogP contribution in [0.2, 0.25) is 0 Å². The van der Waals surface area contributed by atoms with Gasteiger partial charge in [-0.2, -0.15) is 0 Å². The lowest BCUT2D eigenvalue weighted by Gasteiger charge is -2.36. The SMILES string of the molecule is COc1ccccc1OCC(=O)NC1CC(C)(C)Cc2nc(N3CCCC3)ncc21. The average Bonchev–Trinajstić information content (AvgIpc) is 3.26. The summed E-state index contributed by atoms with van der Waals surface area (Å²) in [5.74, 6) is 1.81. The largest absolute Gasteiger partial charge is 0.493 e. The van der Waals surface area contributed by atoms with Crippen molar-refractivity contribution in [1.82, 2.24) is 15.3 Å². The molecule has 30 heavy (non-hydrogen) atoms. The van der Waals surface area contributed by atoms with E-state index in [1.165, 1.54) is 12.8 Å². The van der Waals surface area contributed by atoms with Gasteiger partial charge in [-0.25, -0.2) is 9.97 Å². The van der Waals surface area contributed by atoms with Gasteiger partial charge in [-0.1, -0.05) is 26.0 Å². The van der Waals surface area contributed by atoms with Crippen molar-refractivity contribution in [2.45, 2.75) is 45.6 Å². The summed E-state index contributed by atoms with van der Waals surface area (Å²) in [7, 11) is 1.58. The lowest BCUT2D eigenvalue weighted by molar-refractivity contribution is -0.124. The lowest BCUT2D eigenvalue weighted by atomic mass is 9.74. The summed E-state index contributed by atoms with van der Waals surface area (Å²) < 4.78 is 11.0. The Labute approximate surface area is 177 Å².